The molecule has 2 aliphatic carbocycles. The van der Waals surface area contributed by atoms with Crippen LogP contribution in [0.2, 0.25) is 0 Å². The van der Waals surface area contributed by atoms with Crippen LogP contribution in [0.15, 0.2) is 48.5 Å². The minimum Gasteiger partial charge on any atom is -0.267 e. The van der Waals surface area contributed by atoms with Gasteiger partial charge in [-0.1, -0.05) is 12.1 Å². The van der Waals surface area contributed by atoms with Crippen molar-refractivity contribution >= 4 is 10.2 Å². The lowest BCUT2D eigenvalue weighted by Crippen LogP contribution is -2.52. The van der Waals surface area contributed by atoms with E-state index in [1.165, 1.54) is 12.1 Å². The van der Waals surface area contributed by atoms with Crippen LogP contribution in [0.3, 0.4) is 0 Å². The highest BCUT2D eigenvalue weighted by Crippen LogP contribution is 2.50. The molecule has 1 saturated carbocycles. The van der Waals surface area contributed by atoms with Crippen LogP contribution in [0.25, 0.3) is 22.5 Å². The highest BCUT2D eigenvalue weighted by atomic mass is 32.2. The first-order valence-electron chi connectivity index (χ1n) is 12.2. The first-order chi connectivity index (χ1) is 17.4. The van der Waals surface area contributed by atoms with E-state index in [4.69, 9.17) is 0 Å². The third kappa shape index (κ3) is 4.26. The van der Waals surface area contributed by atoms with Crippen molar-refractivity contribution in [1.29, 1.82) is 0 Å². The van der Waals surface area contributed by atoms with Crippen molar-refractivity contribution in [2.24, 2.45) is 18.9 Å². The summed E-state index contributed by atoms with van der Waals surface area (Å²) in [5.41, 5.74) is 4.61. The van der Waals surface area contributed by atoms with E-state index in [0.717, 1.165) is 46.5 Å². The van der Waals surface area contributed by atoms with Crippen LogP contribution in [-0.2, 0) is 30.1 Å². The molecule has 2 fully saturated rings. The fourth-order valence-corrected chi connectivity index (χ4v) is 8.21. The number of hydrogen-bond acceptors (Lipinski definition) is 3. The summed E-state index contributed by atoms with van der Waals surface area (Å²) >= 11 is 0. The number of aromatic nitrogens is 2. The van der Waals surface area contributed by atoms with Crippen LogP contribution >= 0.6 is 0 Å². The molecule has 1 N–H and O–H groups in total. The number of rotatable bonds is 3. The molecule has 1 spiro atoms. The minimum atomic E-state index is -4.60. The normalized spacial score (nSPS) is 26.9. The van der Waals surface area contributed by atoms with Crippen molar-refractivity contribution in [3.8, 4) is 22.5 Å². The maximum atomic E-state index is 13.4. The molecule has 0 radical (unpaired) electrons. The van der Waals surface area contributed by atoms with Crippen molar-refractivity contribution in [2.45, 2.75) is 37.4 Å². The van der Waals surface area contributed by atoms with Gasteiger partial charge in [0.25, 0.3) is 10.2 Å². The van der Waals surface area contributed by atoms with Gasteiger partial charge in [-0.25, -0.2) is 4.39 Å². The van der Waals surface area contributed by atoms with Crippen LogP contribution in [-0.4, -0.2) is 47.3 Å². The van der Waals surface area contributed by atoms with Crippen LogP contribution in [0.5, 0.6) is 0 Å². The van der Waals surface area contributed by atoms with Gasteiger partial charge in [0.15, 0.2) is 0 Å². The second-order valence-corrected chi connectivity index (χ2v) is 12.1. The Morgan fingerprint density at radius 2 is 1.65 bits per heavy atom. The van der Waals surface area contributed by atoms with Gasteiger partial charge in [-0.05, 0) is 90.6 Å². The Bertz CT molecular complexity index is 1470. The quantitative estimate of drug-likeness (QED) is 0.505. The van der Waals surface area contributed by atoms with Crippen LogP contribution < -0.4 is 4.72 Å². The number of benzene rings is 2. The number of fused-ring (bicyclic) bond motifs is 1. The van der Waals surface area contributed by atoms with E-state index in [2.05, 4.69) is 15.9 Å². The number of nitrogens with zero attached hydrogens (tertiary/aromatic N) is 3. The summed E-state index contributed by atoms with van der Waals surface area (Å²) < 4.78 is 83.1. The van der Waals surface area contributed by atoms with E-state index in [-0.39, 0.29) is 24.2 Å². The Morgan fingerprint density at radius 1 is 1.00 bits per heavy atom. The first-order valence-corrected chi connectivity index (χ1v) is 13.7. The lowest BCUT2D eigenvalue weighted by molar-refractivity contribution is -0.136. The Kier molecular flexibility index (Phi) is 5.56. The molecule has 0 unspecified atom stereocenters. The zero-order valence-electron chi connectivity index (χ0n) is 20.1. The fourth-order valence-electron chi connectivity index (χ4n) is 6.50. The number of hydrogen-bond donors (Lipinski definition) is 1. The Morgan fingerprint density at radius 3 is 2.32 bits per heavy atom. The lowest BCUT2D eigenvalue weighted by Gasteiger charge is -2.33. The number of aryl methyl sites for hydroxylation is 1. The van der Waals surface area contributed by atoms with Gasteiger partial charge in [0.05, 0.1) is 16.9 Å². The van der Waals surface area contributed by atoms with E-state index in [9.17, 15) is 26.0 Å². The molecule has 6 rings (SSSR count). The molecule has 2 heterocycles. The molecule has 37 heavy (non-hydrogen) atoms. The van der Waals surface area contributed by atoms with Gasteiger partial charge >= 0.3 is 6.18 Å². The monoisotopic (exact) mass is 534 g/mol. The van der Waals surface area contributed by atoms with E-state index < -0.39 is 28.5 Å². The molecule has 196 valence electrons. The molecule has 3 atom stereocenters. The van der Waals surface area contributed by atoms with Crippen molar-refractivity contribution in [2.75, 3.05) is 13.1 Å². The van der Waals surface area contributed by atoms with Crippen molar-refractivity contribution < 1.29 is 26.0 Å². The SMILES string of the molecule is Cn1nc(-c2ccc3c(c2)C[C@H]2CC[C@@H](C3)[C@]23CN(CC(F)(F)F)S(=O)(=O)N3)cc1-c1ccc(F)cc1. The summed E-state index contributed by atoms with van der Waals surface area (Å²) in [5, 5.41) is 4.65. The highest BCUT2D eigenvalue weighted by molar-refractivity contribution is 7.87. The molecule has 2 aromatic carbocycles. The van der Waals surface area contributed by atoms with Crippen LogP contribution in [0.1, 0.15) is 24.0 Å². The molecule has 6 nitrogen and oxygen atoms in total. The van der Waals surface area contributed by atoms with Crippen molar-refractivity contribution in [1.82, 2.24) is 18.8 Å². The van der Waals surface area contributed by atoms with Crippen molar-refractivity contribution in [3.05, 3.63) is 65.5 Å². The molecule has 2 bridgehead atoms. The predicted molar refractivity (Wildman–Crippen MR) is 130 cm³/mol. The number of alkyl halides is 3. The molecule has 3 aliphatic rings. The summed E-state index contributed by atoms with van der Waals surface area (Å²) in [5.74, 6) is -0.479. The molecule has 11 heteroatoms. The van der Waals surface area contributed by atoms with E-state index in [1.807, 2.05) is 25.2 Å². The molecule has 1 aliphatic heterocycles. The molecule has 1 saturated heterocycles. The third-order valence-corrected chi connectivity index (χ3v) is 9.80. The van der Waals surface area contributed by atoms with E-state index in [0.29, 0.717) is 17.1 Å². The van der Waals surface area contributed by atoms with Gasteiger partial charge < -0.3 is 0 Å². The smallest absolute Gasteiger partial charge is 0.267 e. The molecular formula is C26H26F4N4O2S. The van der Waals surface area contributed by atoms with Gasteiger partial charge in [-0.3, -0.25) is 4.68 Å². The first kappa shape index (κ1) is 24.6. The van der Waals surface area contributed by atoms with E-state index >= 15 is 0 Å². The standard InChI is InChI=1S/C26H26F4N4O2S/c1-33-24(16-4-8-22(27)9-5-16)13-23(31-33)18-3-2-17-11-20-6-7-21(12-19(17)10-18)25(20)14-34(15-26(28,29)30)37(35,36)32-25/h2-5,8-10,13,20-21,32H,6-7,11-12,14-15H2,1H3/t20-,21+,25+/m0/s1. The van der Waals surface area contributed by atoms with Gasteiger partial charge in [0.1, 0.15) is 12.4 Å². The second-order valence-electron chi connectivity index (χ2n) is 10.4. The average molecular weight is 535 g/mol. The van der Waals surface area contributed by atoms with Crippen LogP contribution in [0, 0.1) is 17.7 Å². The van der Waals surface area contributed by atoms with Gasteiger partial charge in [-0.2, -0.15) is 35.7 Å². The van der Waals surface area contributed by atoms with Gasteiger partial charge in [-0.15, -0.1) is 0 Å². The largest absolute Gasteiger partial charge is 0.402 e. The minimum absolute atomic E-state index is 0.0717. The Hall–Kier alpha value is -2.76. The fraction of sp³-hybridized carbons (Fsp3) is 0.423. The second kappa shape index (κ2) is 8.37. The van der Waals surface area contributed by atoms with E-state index in [1.54, 1.807) is 16.8 Å². The maximum absolute atomic E-state index is 13.4. The molecule has 0 amide bonds. The molecular weight excluding hydrogens is 508 g/mol. The highest BCUT2D eigenvalue weighted by Gasteiger charge is 2.60. The zero-order chi connectivity index (χ0) is 26.2. The Balaban J connectivity index is 1.31. The Labute approximate surface area is 212 Å². The molecule has 1 aromatic heterocycles. The van der Waals surface area contributed by atoms with Gasteiger partial charge in [0, 0.05) is 19.2 Å². The summed E-state index contributed by atoms with van der Waals surface area (Å²) in [7, 11) is -2.39. The lowest BCUT2D eigenvalue weighted by atomic mass is 9.79. The average Bonchev–Trinajstić information content (AvgIpc) is 3.38. The maximum Gasteiger partial charge on any atom is 0.402 e. The number of nitrogens with one attached hydrogen (secondary N) is 1. The van der Waals surface area contributed by atoms with Gasteiger partial charge in [0.2, 0.25) is 0 Å². The summed E-state index contributed by atoms with van der Waals surface area (Å²) in [4.78, 5) is 0. The summed E-state index contributed by atoms with van der Waals surface area (Å²) in [6.07, 6.45) is -1.88. The third-order valence-electron chi connectivity index (χ3n) is 8.23. The topological polar surface area (TPSA) is 67.2 Å². The summed E-state index contributed by atoms with van der Waals surface area (Å²) in [6, 6.07) is 14.2. The molecule has 3 aromatic rings. The van der Waals surface area contributed by atoms with Crippen molar-refractivity contribution in [3.63, 3.8) is 0 Å². The van der Waals surface area contributed by atoms with Crippen LogP contribution in [0.4, 0.5) is 17.6 Å². The zero-order valence-corrected chi connectivity index (χ0v) is 20.9. The predicted octanol–water partition coefficient (Wildman–Crippen LogP) is 4.47. The summed E-state index contributed by atoms with van der Waals surface area (Å²) in [6.45, 7) is -1.64. The number of halogens is 4.